The van der Waals surface area contributed by atoms with Crippen molar-refractivity contribution in [3.8, 4) is 11.1 Å². The van der Waals surface area contributed by atoms with Gasteiger partial charge in [0.15, 0.2) is 0 Å². The summed E-state index contributed by atoms with van der Waals surface area (Å²) >= 11 is 12.3. The Morgan fingerprint density at radius 1 is 0.815 bits per heavy atom. The third-order valence-corrected chi connectivity index (χ3v) is 5.04. The average Bonchev–Trinajstić information content (AvgIpc) is 2.66. The number of hydrogen-bond donors (Lipinski definition) is 1. The molecule has 0 fully saturated rings. The van der Waals surface area contributed by atoms with Gasteiger partial charge in [0.2, 0.25) is 5.78 Å². The van der Waals surface area contributed by atoms with Crippen molar-refractivity contribution in [1.82, 2.24) is 0 Å². The molecular formula is C22H15Cl2NO2. The average molecular weight is 396 g/mol. The number of aliphatic imine (C=N–C) groups is 1. The highest BCUT2D eigenvalue weighted by Gasteiger charge is 2.29. The number of aliphatic hydroxyl groups is 1. The second-order valence-corrected chi connectivity index (χ2v) is 7.14. The Morgan fingerprint density at radius 3 is 2.15 bits per heavy atom. The summed E-state index contributed by atoms with van der Waals surface area (Å²) in [6.45, 7) is 0.0106. The predicted molar refractivity (Wildman–Crippen MR) is 110 cm³/mol. The largest absolute Gasteiger partial charge is 0.396 e. The summed E-state index contributed by atoms with van der Waals surface area (Å²) < 4.78 is 0. The molecule has 0 heterocycles. The van der Waals surface area contributed by atoms with Gasteiger partial charge in [0.1, 0.15) is 5.71 Å². The number of para-hydroxylation sites is 1. The number of nitrogens with zero attached hydrogens (tertiary/aromatic N) is 1. The molecule has 1 N–H and O–H groups in total. The van der Waals surface area contributed by atoms with E-state index in [1.165, 1.54) is 0 Å². The van der Waals surface area contributed by atoms with Crippen LogP contribution in [0.3, 0.4) is 0 Å². The molecule has 0 spiro atoms. The van der Waals surface area contributed by atoms with Gasteiger partial charge in [-0.15, -0.1) is 0 Å². The highest BCUT2D eigenvalue weighted by molar-refractivity contribution is 6.55. The molecule has 0 saturated carbocycles. The van der Waals surface area contributed by atoms with Crippen LogP contribution in [0, 0.1) is 0 Å². The Labute approximate surface area is 166 Å². The van der Waals surface area contributed by atoms with Gasteiger partial charge in [-0.05, 0) is 53.4 Å². The lowest BCUT2D eigenvalue weighted by Gasteiger charge is -2.21. The monoisotopic (exact) mass is 395 g/mol. The fourth-order valence-electron chi connectivity index (χ4n) is 3.32. The molecule has 0 aromatic heterocycles. The van der Waals surface area contributed by atoms with Crippen molar-refractivity contribution in [3.05, 3.63) is 87.4 Å². The highest BCUT2D eigenvalue weighted by atomic mass is 35.5. The van der Waals surface area contributed by atoms with E-state index in [2.05, 4.69) is 4.99 Å². The van der Waals surface area contributed by atoms with E-state index in [1.54, 1.807) is 24.3 Å². The molecule has 4 rings (SSSR count). The van der Waals surface area contributed by atoms with Gasteiger partial charge in [-0.1, -0.05) is 53.5 Å². The van der Waals surface area contributed by atoms with Crippen LogP contribution in [0.1, 0.15) is 21.5 Å². The first-order valence-corrected chi connectivity index (χ1v) is 9.26. The summed E-state index contributed by atoms with van der Waals surface area (Å²) in [7, 11) is 0. The van der Waals surface area contributed by atoms with Gasteiger partial charge in [0.05, 0.1) is 5.69 Å². The van der Waals surface area contributed by atoms with E-state index in [1.807, 2.05) is 36.4 Å². The lowest BCUT2D eigenvalue weighted by molar-refractivity contribution is 0.106. The fraction of sp³-hybridized carbons (Fsp3) is 0.0909. The molecular weight excluding hydrogens is 381 g/mol. The van der Waals surface area contributed by atoms with Gasteiger partial charge in [-0.25, -0.2) is 4.99 Å². The molecule has 3 aromatic carbocycles. The van der Waals surface area contributed by atoms with E-state index in [0.717, 1.165) is 16.7 Å². The minimum atomic E-state index is -0.193. The SMILES string of the molecule is O=C1C(=Nc2ccccc2CCO)c2cc(Cl)ccc2-c2ccc(Cl)cc21. The molecule has 0 bridgehead atoms. The van der Waals surface area contributed by atoms with E-state index in [0.29, 0.717) is 39.0 Å². The van der Waals surface area contributed by atoms with Crippen LogP contribution in [-0.2, 0) is 6.42 Å². The Morgan fingerprint density at radius 2 is 1.44 bits per heavy atom. The Hall–Kier alpha value is -2.46. The van der Waals surface area contributed by atoms with Crippen LogP contribution in [0.15, 0.2) is 65.7 Å². The zero-order chi connectivity index (χ0) is 19.0. The van der Waals surface area contributed by atoms with Crippen molar-refractivity contribution >= 4 is 40.4 Å². The maximum atomic E-state index is 13.2. The van der Waals surface area contributed by atoms with Gasteiger partial charge in [-0.2, -0.15) is 0 Å². The molecule has 0 radical (unpaired) electrons. The molecule has 0 saturated heterocycles. The quantitative estimate of drug-likeness (QED) is 0.635. The number of fused-ring (bicyclic) bond motifs is 3. The van der Waals surface area contributed by atoms with Crippen LogP contribution < -0.4 is 0 Å². The minimum absolute atomic E-state index is 0.0106. The molecule has 0 unspecified atom stereocenters. The van der Waals surface area contributed by atoms with Gasteiger partial charge in [0, 0.05) is 27.8 Å². The Balaban J connectivity index is 1.97. The first-order valence-electron chi connectivity index (χ1n) is 8.50. The summed E-state index contributed by atoms with van der Waals surface area (Å²) in [4.78, 5) is 17.9. The minimum Gasteiger partial charge on any atom is -0.396 e. The molecule has 27 heavy (non-hydrogen) atoms. The summed E-state index contributed by atoms with van der Waals surface area (Å²) in [5, 5.41) is 10.3. The maximum Gasteiger partial charge on any atom is 0.212 e. The molecule has 0 aliphatic heterocycles. The van der Waals surface area contributed by atoms with Crippen molar-refractivity contribution < 1.29 is 9.90 Å². The molecule has 3 aromatic rings. The third kappa shape index (κ3) is 3.30. The standard InChI is InChI=1S/C22H15Cl2NO2/c23-14-5-7-16-17-8-6-15(24)12-19(17)22(27)21(18(16)11-14)25-20-4-2-1-3-13(20)9-10-26/h1-8,11-12,26H,9-10H2. The highest BCUT2D eigenvalue weighted by Crippen LogP contribution is 2.37. The number of hydrogen-bond acceptors (Lipinski definition) is 3. The number of carbonyl (C=O) groups excluding carboxylic acids is 1. The van der Waals surface area contributed by atoms with Gasteiger partial charge < -0.3 is 5.11 Å². The van der Waals surface area contributed by atoms with Crippen LogP contribution in [0.2, 0.25) is 10.0 Å². The normalized spacial score (nSPS) is 14.2. The van der Waals surface area contributed by atoms with Crippen molar-refractivity contribution in [3.63, 3.8) is 0 Å². The molecule has 134 valence electrons. The number of carbonyl (C=O) groups is 1. The van der Waals surface area contributed by atoms with Crippen LogP contribution in [0.4, 0.5) is 5.69 Å². The lowest BCUT2D eigenvalue weighted by Crippen LogP contribution is -2.22. The Kier molecular flexibility index (Phi) is 4.83. The number of ketones is 1. The zero-order valence-electron chi connectivity index (χ0n) is 14.2. The van der Waals surface area contributed by atoms with Crippen LogP contribution >= 0.6 is 23.2 Å². The van der Waals surface area contributed by atoms with E-state index >= 15 is 0 Å². The summed E-state index contributed by atoms with van der Waals surface area (Å²) in [5.74, 6) is -0.193. The summed E-state index contributed by atoms with van der Waals surface area (Å²) in [5.41, 5.74) is 4.79. The number of benzene rings is 3. The number of Topliss-reactive ketones (excluding diaryl/α,β-unsaturated/α-hetero) is 1. The number of rotatable bonds is 3. The predicted octanol–water partition coefficient (Wildman–Crippen LogP) is 5.51. The number of halogens is 2. The Bertz CT molecular complexity index is 1090. The third-order valence-electron chi connectivity index (χ3n) is 4.57. The van der Waals surface area contributed by atoms with E-state index in [-0.39, 0.29) is 12.4 Å². The van der Waals surface area contributed by atoms with Crippen LogP contribution in [0.5, 0.6) is 0 Å². The van der Waals surface area contributed by atoms with Gasteiger partial charge in [0.25, 0.3) is 0 Å². The second kappa shape index (κ2) is 7.28. The van der Waals surface area contributed by atoms with Gasteiger partial charge in [-0.3, -0.25) is 4.79 Å². The van der Waals surface area contributed by atoms with Crippen molar-refractivity contribution in [2.24, 2.45) is 4.99 Å². The molecule has 5 heteroatoms. The molecule has 0 amide bonds. The molecule has 1 aliphatic carbocycles. The molecule has 1 aliphatic rings. The smallest absolute Gasteiger partial charge is 0.212 e. The lowest BCUT2D eigenvalue weighted by atomic mass is 9.83. The van der Waals surface area contributed by atoms with E-state index in [4.69, 9.17) is 23.2 Å². The van der Waals surface area contributed by atoms with Crippen molar-refractivity contribution in [2.45, 2.75) is 6.42 Å². The fourth-order valence-corrected chi connectivity index (χ4v) is 3.66. The first kappa shape index (κ1) is 17.9. The van der Waals surface area contributed by atoms with Gasteiger partial charge >= 0.3 is 0 Å². The van der Waals surface area contributed by atoms with Crippen LogP contribution in [0.25, 0.3) is 11.1 Å². The molecule has 0 atom stereocenters. The zero-order valence-corrected chi connectivity index (χ0v) is 15.8. The van der Waals surface area contributed by atoms with Crippen molar-refractivity contribution in [1.29, 1.82) is 0 Å². The summed E-state index contributed by atoms with van der Waals surface area (Å²) in [6.07, 6.45) is 0.464. The maximum absolute atomic E-state index is 13.2. The van der Waals surface area contributed by atoms with Crippen LogP contribution in [-0.4, -0.2) is 23.2 Å². The van der Waals surface area contributed by atoms with E-state index < -0.39 is 0 Å². The number of aliphatic hydroxyl groups excluding tert-OH is 1. The van der Waals surface area contributed by atoms with Crippen molar-refractivity contribution in [2.75, 3.05) is 6.61 Å². The van der Waals surface area contributed by atoms with E-state index in [9.17, 15) is 9.90 Å². The topological polar surface area (TPSA) is 49.7 Å². The second-order valence-electron chi connectivity index (χ2n) is 6.27. The molecule has 3 nitrogen and oxygen atoms in total. The first-order chi connectivity index (χ1) is 13.1. The summed E-state index contributed by atoms with van der Waals surface area (Å²) in [6, 6.07) is 18.2.